The second-order valence-corrected chi connectivity index (χ2v) is 13.9. The Morgan fingerprint density at radius 1 is 0.731 bits per heavy atom. The summed E-state index contributed by atoms with van der Waals surface area (Å²) in [6.45, 7) is 2.27. The molecule has 6 aromatic rings. The van der Waals surface area contributed by atoms with Gasteiger partial charge in [-0.15, -0.1) is 5.10 Å². The number of hydrogen-bond acceptors (Lipinski definition) is 9. The summed E-state index contributed by atoms with van der Waals surface area (Å²) in [6.07, 6.45) is -1.18. The SMILES string of the molecule is CC1C(CSc2nnnn2-c2ccccc2)OC(c2cccc(-c3cccc(CN4C(=O)c5ccccc5C4=O)c3)c2)OC1c1ccc(CO)cc1. The lowest BCUT2D eigenvalue weighted by Crippen LogP contribution is -2.38. The second-order valence-electron chi connectivity index (χ2n) is 12.9. The molecule has 52 heavy (non-hydrogen) atoms. The summed E-state index contributed by atoms with van der Waals surface area (Å²) in [7, 11) is 0. The third-order valence-electron chi connectivity index (χ3n) is 9.58. The number of aromatic nitrogens is 4. The first-order valence-corrected chi connectivity index (χ1v) is 18.1. The summed E-state index contributed by atoms with van der Waals surface area (Å²) in [5, 5.41) is 22.8. The van der Waals surface area contributed by atoms with Crippen LogP contribution in [-0.4, -0.2) is 53.9 Å². The van der Waals surface area contributed by atoms with Crippen molar-refractivity contribution in [3.8, 4) is 16.8 Å². The van der Waals surface area contributed by atoms with Crippen molar-refractivity contribution in [2.45, 2.75) is 43.7 Å². The summed E-state index contributed by atoms with van der Waals surface area (Å²) < 4.78 is 15.2. The molecule has 1 fully saturated rings. The molecule has 1 N–H and O–H groups in total. The first-order chi connectivity index (χ1) is 25.5. The van der Waals surface area contributed by atoms with Crippen molar-refractivity contribution in [2.75, 3.05) is 5.75 Å². The lowest BCUT2D eigenvalue weighted by molar-refractivity contribution is -0.268. The van der Waals surface area contributed by atoms with Crippen molar-refractivity contribution >= 4 is 23.6 Å². The van der Waals surface area contributed by atoms with Crippen molar-refractivity contribution in [3.63, 3.8) is 0 Å². The van der Waals surface area contributed by atoms with E-state index < -0.39 is 6.29 Å². The molecule has 2 amide bonds. The van der Waals surface area contributed by atoms with Gasteiger partial charge >= 0.3 is 0 Å². The summed E-state index contributed by atoms with van der Waals surface area (Å²) in [5.41, 5.74) is 7.17. The van der Waals surface area contributed by atoms with Crippen molar-refractivity contribution in [1.29, 1.82) is 0 Å². The Balaban J connectivity index is 1.05. The molecule has 3 heterocycles. The fourth-order valence-corrected chi connectivity index (χ4v) is 7.80. The molecule has 4 unspecified atom stereocenters. The van der Waals surface area contributed by atoms with Gasteiger partial charge in [-0.3, -0.25) is 14.5 Å². The molecule has 2 aliphatic heterocycles. The molecule has 0 aliphatic carbocycles. The van der Waals surface area contributed by atoms with E-state index in [1.807, 2.05) is 97.1 Å². The number of amides is 2. The molecule has 0 bridgehead atoms. The number of thioether (sulfide) groups is 1. The van der Waals surface area contributed by atoms with Crippen LogP contribution < -0.4 is 0 Å². The van der Waals surface area contributed by atoms with Gasteiger partial charge in [0.25, 0.3) is 11.8 Å². The van der Waals surface area contributed by atoms with Crippen LogP contribution >= 0.6 is 11.8 Å². The molecular weight excluding hydrogens is 675 g/mol. The second kappa shape index (κ2) is 14.6. The zero-order valence-corrected chi connectivity index (χ0v) is 29.1. The van der Waals surface area contributed by atoms with Crippen LogP contribution in [0.4, 0.5) is 0 Å². The van der Waals surface area contributed by atoms with Crippen LogP contribution in [0.2, 0.25) is 0 Å². The monoisotopic (exact) mass is 709 g/mol. The third-order valence-corrected chi connectivity index (χ3v) is 10.6. The average molecular weight is 710 g/mol. The number of hydrogen-bond donors (Lipinski definition) is 1. The molecule has 0 radical (unpaired) electrons. The highest BCUT2D eigenvalue weighted by molar-refractivity contribution is 7.99. The Morgan fingerprint density at radius 2 is 1.42 bits per heavy atom. The van der Waals surface area contributed by atoms with Gasteiger partial charge in [-0.05, 0) is 74.6 Å². The van der Waals surface area contributed by atoms with E-state index in [0.29, 0.717) is 22.0 Å². The first-order valence-electron chi connectivity index (χ1n) is 17.1. The van der Waals surface area contributed by atoms with Gasteiger partial charge in [0, 0.05) is 17.2 Å². The number of rotatable bonds is 10. The van der Waals surface area contributed by atoms with Gasteiger partial charge in [-0.1, -0.05) is 110 Å². The average Bonchev–Trinajstić information content (AvgIpc) is 3.77. The molecule has 11 heteroatoms. The Labute approximate surface area is 305 Å². The van der Waals surface area contributed by atoms with Crippen LogP contribution in [0.3, 0.4) is 0 Å². The summed E-state index contributed by atoms with van der Waals surface area (Å²) >= 11 is 1.53. The van der Waals surface area contributed by atoms with Gasteiger partial charge in [-0.2, -0.15) is 4.68 Å². The number of carbonyl (C=O) groups is 2. The Bertz CT molecular complexity index is 2190. The molecule has 260 valence electrons. The number of carbonyl (C=O) groups excluding carboxylic acids is 2. The van der Waals surface area contributed by atoms with E-state index >= 15 is 0 Å². The minimum absolute atomic E-state index is 0.0215. The number of aliphatic hydroxyl groups excluding tert-OH is 1. The fraction of sp³-hybridized carbons (Fsp3) is 0.195. The van der Waals surface area contributed by atoms with Crippen LogP contribution in [-0.2, 0) is 22.6 Å². The number of aliphatic hydroxyl groups is 1. The van der Waals surface area contributed by atoms with Gasteiger partial charge in [0.2, 0.25) is 5.16 Å². The molecule has 2 aliphatic rings. The van der Waals surface area contributed by atoms with E-state index in [0.717, 1.165) is 39.1 Å². The van der Waals surface area contributed by atoms with Crippen molar-refractivity contribution in [2.24, 2.45) is 5.92 Å². The lowest BCUT2D eigenvalue weighted by Gasteiger charge is -2.41. The van der Waals surface area contributed by atoms with Gasteiger partial charge in [0.15, 0.2) is 6.29 Å². The molecule has 8 rings (SSSR count). The number of fused-ring (bicyclic) bond motifs is 1. The Hall–Kier alpha value is -5.46. The predicted octanol–water partition coefficient (Wildman–Crippen LogP) is 7.20. The summed E-state index contributed by atoms with van der Waals surface area (Å²) in [4.78, 5) is 27.4. The molecule has 1 saturated heterocycles. The largest absolute Gasteiger partial charge is 0.392 e. The molecule has 1 aromatic heterocycles. The van der Waals surface area contributed by atoms with E-state index in [1.165, 1.54) is 16.7 Å². The molecule has 4 atom stereocenters. The summed E-state index contributed by atoms with van der Waals surface area (Å²) in [5.74, 6) is 0.00282. The summed E-state index contributed by atoms with van der Waals surface area (Å²) in [6, 6.07) is 40.5. The topological polar surface area (TPSA) is 120 Å². The smallest absolute Gasteiger partial charge is 0.261 e. The van der Waals surface area contributed by atoms with Crippen LogP contribution in [0.25, 0.3) is 16.8 Å². The highest BCUT2D eigenvalue weighted by atomic mass is 32.2. The maximum atomic E-state index is 13.0. The number of ether oxygens (including phenoxy) is 2. The standard InChI is InChI=1S/C41H35N5O5S/c1-26-36(25-52-41-42-43-44-46(41)33-13-3-2-4-14-33)50-40(51-37(26)29-19-17-27(24-47)18-20-29)32-12-8-11-31(22-32)30-10-7-9-28(21-30)23-45-38(48)34-15-5-6-16-35(34)39(45)49/h2-22,26,36-37,40,47H,23-25H2,1H3. The fourth-order valence-electron chi connectivity index (χ4n) is 6.75. The molecule has 0 spiro atoms. The number of benzene rings is 5. The maximum Gasteiger partial charge on any atom is 0.261 e. The van der Waals surface area contributed by atoms with Crippen LogP contribution in [0, 0.1) is 5.92 Å². The third kappa shape index (κ3) is 6.67. The quantitative estimate of drug-likeness (QED) is 0.116. The van der Waals surface area contributed by atoms with Crippen molar-refractivity contribution in [1.82, 2.24) is 25.1 Å². The molecule has 0 saturated carbocycles. The van der Waals surface area contributed by atoms with E-state index in [1.54, 1.807) is 28.9 Å². The number of imide groups is 1. The zero-order chi connectivity index (χ0) is 35.6. The zero-order valence-electron chi connectivity index (χ0n) is 28.3. The minimum atomic E-state index is -0.670. The van der Waals surface area contributed by atoms with E-state index in [2.05, 4.69) is 28.5 Å². The normalized spacial score (nSPS) is 19.9. The van der Waals surface area contributed by atoms with Crippen LogP contribution in [0.15, 0.2) is 133 Å². The lowest BCUT2D eigenvalue weighted by atomic mass is 9.91. The van der Waals surface area contributed by atoms with E-state index in [9.17, 15) is 14.7 Å². The maximum absolute atomic E-state index is 13.0. The Kier molecular flexibility index (Phi) is 9.48. The van der Waals surface area contributed by atoms with Gasteiger partial charge in [0.1, 0.15) is 0 Å². The highest BCUT2D eigenvalue weighted by Gasteiger charge is 2.39. The Morgan fingerprint density at radius 3 is 2.15 bits per heavy atom. The molecule has 5 aromatic carbocycles. The number of para-hydroxylation sites is 1. The van der Waals surface area contributed by atoms with Crippen molar-refractivity contribution < 1.29 is 24.2 Å². The number of tetrazole rings is 1. The van der Waals surface area contributed by atoms with Crippen LogP contribution in [0.5, 0.6) is 0 Å². The first kappa shape index (κ1) is 33.7. The number of nitrogens with zero attached hydrogens (tertiary/aromatic N) is 5. The van der Waals surface area contributed by atoms with E-state index in [4.69, 9.17) is 9.47 Å². The van der Waals surface area contributed by atoms with Gasteiger partial charge < -0.3 is 14.6 Å². The molecule has 10 nitrogen and oxygen atoms in total. The predicted molar refractivity (Wildman–Crippen MR) is 195 cm³/mol. The highest BCUT2D eigenvalue weighted by Crippen LogP contribution is 2.43. The van der Waals surface area contributed by atoms with Gasteiger partial charge in [0.05, 0.1) is 42.2 Å². The molecular formula is C41H35N5O5S. The van der Waals surface area contributed by atoms with Crippen molar-refractivity contribution in [3.05, 3.63) is 161 Å². The van der Waals surface area contributed by atoms with Gasteiger partial charge in [-0.25, -0.2) is 0 Å². The van der Waals surface area contributed by atoms with E-state index in [-0.39, 0.29) is 43.1 Å². The minimum Gasteiger partial charge on any atom is -0.392 e. The van der Waals surface area contributed by atoms with Crippen LogP contribution in [0.1, 0.15) is 62.3 Å².